The number of thioether (sulfide) groups is 1. The van der Waals surface area contributed by atoms with Crippen LogP contribution in [0.4, 0.5) is 16.4 Å². The molecule has 2 saturated heterocycles. The van der Waals surface area contributed by atoms with Crippen LogP contribution in [-0.2, 0) is 4.79 Å². The summed E-state index contributed by atoms with van der Waals surface area (Å²) >= 11 is 0.867. The lowest BCUT2D eigenvalue weighted by molar-refractivity contribution is -0.115. The highest BCUT2D eigenvalue weighted by Gasteiger charge is 2.26. The molecule has 0 bridgehead atoms. The summed E-state index contributed by atoms with van der Waals surface area (Å²) in [5.41, 5.74) is 1.68. The number of rotatable bonds is 7. The largest absolute Gasteiger partial charge is 0.476 e. The summed E-state index contributed by atoms with van der Waals surface area (Å²) in [4.78, 5) is 43.8. The number of pyridine rings is 1. The van der Waals surface area contributed by atoms with Crippen molar-refractivity contribution >= 4 is 40.6 Å². The van der Waals surface area contributed by atoms with Gasteiger partial charge in [-0.25, -0.2) is 4.98 Å². The predicted molar refractivity (Wildman–Crippen MR) is 128 cm³/mol. The Balaban J connectivity index is 1.56. The van der Waals surface area contributed by atoms with Crippen LogP contribution in [0, 0.1) is 0 Å². The number of nitrogens with one attached hydrogen (secondary N) is 1. The molecule has 10 nitrogen and oxygen atoms in total. The van der Waals surface area contributed by atoms with Gasteiger partial charge in [-0.15, -0.1) is 0 Å². The molecule has 0 radical (unpaired) electrons. The maximum absolute atomic E-state index is 12.0. The Morgan fingerprint density at radius 3 is 2.61 bits per heavy atom. The van der Waals surface area contributed by atoms with E-state index in [1.165, 1.54) is 0 Å². The van der Waals surface area contributed by atoms with Gasteiger partial charge in [0.1, 0.15) is 6.61 Å². The number of nitrogens with zero attached hydrogens (tertiary/aromatic N) is 6. The van der Waals surface area contributed by atoms with E-state index in [1.807, 2.05) is 31.1 Å². The van der Waals surface area contributed by atoms with Gasteiger partial charge < -0.3 is 19.4 Å². The van der Waals surface area contributed by atoms with Crippen LogP contribution in [0.15, 0.2) is 35.5 Å². The molecule has 11 heteroatoms. The molecular weight excluding hydrogens is 442 g/mol. The number of carbonyl (C=O) groups excluding carboxylic acids is 2. The van der Waals surface area contributed by atoms with Gasteiger partial charge in [-0.05, 0) is 50.5 Å². The molecule has 2 aliphatic rings. The molecule has 0 aromatic carbocycles. The van der Waals surface area contributed by atoms with Gasteiger partial charge in [-0.2, -0.15) is 4.98 Å². The average Bonchev–Trinajstić information content (AvgIpc) is 2.98. The molecule has 0 saturated carbocycles. The van der Waals surface area contributed by atoms with E-state index in [-0.39, 0.29) is 5.24 Å². The Morgan fingerprint density at radius 2 is 1.88 bits per heavy atom. The summed E-state index contributed by atoms with van der Waals surface area (Å²) in [6.45, 7) is 4.51. The summed E-state index contributed by atoms with van der Waals surface area (Å²) < 4.78 is 5.88. The minimum Gasteiger partial charge on any atom is -0.476 e. The van der Waals surface area contributed by atoms with Gasteiger partial charge in [0.25, 0.3) is 11.1 Å². The topological polar surface area (TPSA) is 104 Å². The molecule has 2 aromatic rings. The first kappa shape index (κ1) is 23.0. The van der Waals surface area contributed by atoms with Crippen LogP contribution in [0.25, 0.3) is 6.08 Å². The van der Waals surface area contributed by atoms with Crippen LogP contribution >= 0.6 is 11.8 Å². The minimum atomic E-state index is -0.414. The van der Waals surface area contributed by atoms with E-state index in [0.29, 0.717) is 29.0 Å². The van der Waals surface area contributed by atoms with Crippen molar-refractivity contribution in [2.45, 2.75) is 6.42 Å². The average molecular weight is 470 g/mol. The van der Waals surface area contributed by atoms with Crippen molar-refractivity contribution in [3.63, 3.8) is 0 Å². The van der Waals surface area contributed by atoms with Crippen LogP contribution in [0.1, 0.15) is 12.1 Å². The highest BCUT2D eigenvalue weighted by Crippen LogP contribution is 2.27. The number of hydrogen-bond acceptors (Lipinski definition) is 10. The molecule has 4 heterocycles. The van der Waals surface area contributed by atoms with Gasteiger partial charge in [-0.3, -0.25) is 19.9 Å². The van der Waals surface area contributed by atoms with Crippen LogP contribution in [0.2, 0.25) is 0 Å². The second kappa shape index (κ2) is 10.6. The monoisotopic (exact) mass is 469 g/mol. The molecule has 0 atom stereocenters. The fourth-order valence-corrected chi connectivity index (χ4v) is 4.20. The molecule has 0 aliphatic carbocycles. The number of ether oxygens (including phenoxy) is 1. The fraction of sp³-hybridized carbons (Fsp3) is 0.409. The Bertz CT molecular complexity index is 1030. The van der Waals surface area contributed by atoms with Crippen LogP contribution in [0.3, 0.4) is 0 Å². The molecule has 0 unspecified atom stereocenters. The second-order valence-electron chi connectivity index (χ2n) is 7.97. The first-order chi connectivity index (χ1) is 16.0. The van der Waals surface area contributed by atoms with Crippen LogP contribution in [-0.4, -0.2) is 84.4 Å². The summed E-state index contributed by atoms with van der Waals surface area (Å²) in [7, 11) is 3.95. The number of anilines is 2. The van der Waals surface area contributed by atoms with Crippen molar-refractivity contribution in [3.8, 4) is 5.88 Å². The number of imide groups is 1. The van der Waals surface area contributed by atoms with Crippen molar-refractivity contribution in [2.75, 3.05) is 63.2 Å². The number of carbonyl (C=O) groups is 2. The fourth-order valence-electron chi connectivity index (χ4n) is 3.54. The third-order valence-corrected chi connectivity index (χ3v) is 6.04. The predicted octanol–water partition coefficient (Wildman–Crippen LogP) is 1.85. The maximum Gasteiger partial charge on any atom is 0.290 e. The Kier molecular flexibility index (Phi) is 7.40. The highest BCUT2D eigenvalue weighted by atomic mass is 32.2. The molecule has 1 N–H and O–H groups in total. The van der Waals surface area contributed by atoms with Crippen LogP contribution in [0.5, 0.6) is 5.88 Å². The quantitative estimate of drug-likeness (QED) is 0.604. The second-order valence-corrected chi connectivity index (χ2v) is 8.98. The number of aromatic nitrogens is 3. The van der Waals surface area contributed by atoms with Crippen LogP contribution < -0.4 is 19.9 Å². The lowest BCUT2D eigenvalue weighted by Crippen LogP contribution is -2.32. The molecular formula is C22H27N7O3S. The third kappa shape index (κ3) is 6.20. The molecule has 2 amide bonds. The Hall–Kier alpha value is -3.18. The number of amides is 2. The summed E-state index contributed by atoms with van der Waals surface area (Å²) in [6.07, 6.45) is 6.16. The van der Waals surface area contributed by atoms with Crippen molar-refractivity contribution in [1.29, 1.82) is 0 Å². The van der Waals surface area contributed by atoms with Crippen molar-refractivity contribution in [1.82, 2.24) is 25.2 Å². The van der Waals surface area contributed by atoms with E-state index < -0.39 is 5.91 Å². The van der Waals surface area contributed by atoms with Gasteiger partial charge in [0.05, 0.1) is 10.6 Å². The van der Waals surface area contributed by atoms with E-state index in [1.54, 1.807) is 24.5 Å². The standard InChI is InChI=1S/C22H27N7O3S/c1-27(2)12-13-32-19-15-16(14-18-20(30)26-22(31)33-18)24-21(25-19)29-9-3-8-28(10-11-29)17-4-6-23-7-5-17/h4-7,14-15H,3,8-13H2,1-2H3,(H,26,30,31)/b18-14-. The molecule has 174 valence electrons. The van der Waals surface area contributed by atoms with E-state index in [9.17, 15) is 9.59 Å². The Labute approximate surface area is 197 Å². The first-order valence-electron chi connectivity index (χ1n) is 10.8. The van der Waals surface area contributed by atoms with Gasteiger partial charge in [-0.1, -0.05) is 0 Å². The highest BCUT2D eigenvalue weighted by molar-refractivity contribution is 8.18. The lowest BCUT2D eigenvalue weighted by Gasteiger charge is -2.24. The number of likely N-dealkylation sites (N-methyl/N-ethyl adjacent to an activating group) is 1. The molecule has 2 aliphatic heterocycles. The normalized spacial score (nSPS) is 18.1. The maximum atomic E-state index is 12.0. The molecule has 33 heavy (non-hydrogen) atoms. The smallest absolute Gasteiger partial charge is 0.290 e. The van der Waals surface area contributed by atoms with Gasteiger partial charge in [0.15, 0.2) is 0 Å². The summed E-state index contributed by atoms with van der Waals surface area (Å²) in [5.74, 6) is 0.581. The minimum absolute atomic E-state index is 0.309. The van der Waals surface area contributed by atoms with E-state index in [4.69, 9.17) is 4.74 Å². The molecule has 0 spiro atoms. The zero-order chi connectivity index (χ0) is 23.2. The van der Waals surface area contributed by atoms with Gasteiger partial charge in [0, 0.05) is 56.9 Å². The Morgan fingerprint density at radius 1 is 1.12 bits per heavy atom. The van der Waals surface area contributed by atoms with Crippen molar-refractivity contribution in [3.05, 3.63) is 41.2 Å². The van der Waals surface area contributed by atoms with Gasteiger partial charge >= 0.3 is 0 Å². The third-order valence-electron chi connectivity index (χ3n) is 5.23. The van der Waals surface area contributed by atoms with E-state index in [0.717, 1.165) is 56.6 Å². The first-order valence-corrected chi connectivity index (χ1v) is 11.6. The zero-order valence-electron chi connectivity index (χ0n) is 18.7. The lowest BCUT2D eigenvalue weighted by atomic mass is 10.3. The summed E-state index contributed by atoms with van der Waals surface area (Å²) in [5, 5.41) is 1.89. The van der Waals surface area contributed by atoms with E-state index >= 15 is 0 Å². The molecule has 2 aromatic heterocycles. The molecule has 2 fully saturated rings. The van der Waals surface area contributed by atoms with Gasteiger partial charge in [0.2, 0.25) is 11.8 Å². The number of hydrogen-bond donors (Lipinski definition) is 1. The summed E-state index contributed by atoms with van der Waals surface area (Å²) in [6, 6.07) is 5.73. The zero-order valence-corrected chi connectivity index (χ0v) is 19.5. The van der Waals surface area contributed by atoms with E-state index in [2.05, 4.69) is 30.1 Å². The molecule has 4 rings (SSSR count). The van der Waals surface area contributed by atoms with Crippen molar-refractivity contribution in [2.24, 2.45) is 0 Å². The van der Waals surface area contributed by atoms with Crippen molar-refractivity contribution < 1.29 is 14.3 Å². The SMILES string of the molecule is CN(C)CCOc1cc(/C=C2\SC(=O)NC2=O)nc(N2CCCN(c3ccncc3)CC2)n1.